The van der Waals surface area contributed by atoms with Crippen molar-refractivity contribution in [2.45, 2.75) is 45.3 Å². The Bertz CT molecular complexity index is 341. The third kappa shape index (κ3) is 5.36. The molecule has 1 atom stereocenters. The molecule has 17 heavy (non-hydrogen) atoms. The van der Waals surface area contributed by atoms with Crippen LogP contribution in [0, 0.1) is 0 Å². The molecule has 7 heteroatoms. The fourth-order valence-corrected chi connectivity index (χ4v) is 2.33. The molecular formula is C10H20N2O4S. The van der Waals surface area contributed by atoms with E-state index in [0.29, 0.717) is 13.1 Å². The van der Waals surface area contributed by atoms with Gasteiger partial charge >= 0.3 is 6.09 Å². The maximum absolute atomic E-state index is 11.5. The van der Waals surface area contributed by atoms with E-state index in [1.54, 1.807) is 20.8 Å². The monoisotopic (exact) mass is 264 g/mol. The molecule has 0 aromatic heterocycles. The van der Waals surface area contributed by atoms with Gasteiger partial charge in [-0.25, -0.2) is 17.5 Å². The van der Waals surface area contributed by atoms with Gasteiger partial charge in [-0.05, 0) is 33.6 Å². The predicted octanol–water partition coefficient (Wildman–Crippen LogP) is 0.502. The summed E-state index contributed by atoms with van der Waals surface area (Å²) in [5.74, 6) is 0. The third-order valence-electron chi connectivity index (χ3n) is 2.35. The summed E-state index contributed by atoms with van der Waals surface area (Å²) in [6.45, 7) is 6.22. The molecule has 0 aromatic carbocycles. The van der Waals surface area contributed by atoms with Crippen molar-refractivity contribution in [3.63, 3.8) is 0 Å². The number of alkyl carbamates (subject to hydrolysis) is 1. The van der Waals surface area contributed by atoms with Crippen LogP contribution >= 0.6 is 0 Å². The van der Waals surface area contributed by atoms with Crippen molar-refractivity contribution in [2.75, 3.05) is 13.1 Å². The lowest BCUT2D eigenvalue weighted by molar-refractivity contribution is 0.0487. The highest BCUT2D eigenvalue weighted by Gasteiger charge is 2.24. The van der Waals surface area contributed by atoms with Crippen LogP contribution in [0.4, 0.5) is 4.79 Å². The van der Waals surface area contributed by atoms with Crippen LogP contribution in [0.25, 0.3) is 0 Å². The highest BCUT2D eigenvalue weighted by Crippen LogP contribution is 2.12. The lowest BCUT2D eigenvalue weighted by Gasteiger charge is -2.29. The Hall–Kier alpha value is -0.820. The zero-order valence-corrected chi connectivity index (χ0v) is 11.3. The average Bonchev–Trinajstić information content (AvgIpc) is 2.14. The van der Waals surface area contributed by atoms with E-state index in [-0.39, 0.29) is 6.04 Å². The first-order valence-electron chi connectivity index (χ1n) is 5.67. The number of rotatable bonds is 2. The van der Waals surface area contributed by atoms with Gasteiger partial charge in [0.2, 0.25) is 10.9 Å². The summed E-state index contributed by atoms with van der Waals surface area (Å²) >= 11 is 0. The molecule has 1 N–H and O–H groups in total. The van der Waals surface area contributed by atoms with Crippen LogP contribution in [0.1, 0.15) is 33.6 Å². The standard InChI is InChI=1S/C10H20N2O4S/c1-10(2,3)16-9(13)11-8-5-4-6-12(7-8)17(14)15/h8,17H,4-7H2,1-3H3,(H,11,13). The van der Waals surface area contributed by atoms with Gasteiger partial charge in [-0.3, -0.25) is 0 Å². The quantitative estimate of drug-likeness (QED) is 0.712. The Balaban J connectivity index is 2.44. The summed E-state index contributed by atoms with van der Waals surface area (Å²) in [6.07, 6.45) is 1.04. The summed E-state index contributed by atoms with van der Waals surface area (Å²) in [4.78, 5) is 11.5. The molecule has 1 amide bonds. The van der Waals surface area contributed by atoms with Crippen LogP contribution < -0.4 is 5.32 Å². The zero-order valence-electron chi connectivity index (χ0n) is 10.4. The van der Waals surface area contributed by atoms with Crippen LogP contribution in [0.15, 0.2) is 0 Å². The van der Waals surface area contributed by atoms with Crippen molar-refractivity contribution >= 4 is 17.0 Å². The molecule has 100 valence electrons. The van der Waals surface area contributed by atoms with Crippen LogP contribution in [0.2, 0.25) is 0 Å². The maximum atomic E-state index is 11.5. The highest BCUT2D eigenvalue weighted by molar-refractivity contribution is 7.69. The van der Waals surface area contributed by atoms with E-state index in [2.05, 4.69) is 5.32 Å². The lowest BCUT2D eigenvalue weighted by Crippen LogP contribution is -2.48. The normalized spacial score (nSPS) is 22.5. The smallest absolute Gasteiger partial charge is 0.407 e. The number of piperidine rings is 1. The zero-order chi connectivity index (χ0) is 13.1. The third-order valence-corrected chi connectivity index (χ3v) is 3.18. The second-order valence-electron chi connectivity index (χ2n) is 5.14. The fraction of sp³-hybridized carbons (Fsp3) is 0.900. The van der Waals surface area contributed by atoms with Crippen molar-refractivity contribution < 1.29 is 17.9 Å². The molecule has 1 rings (SSSR count). The van der Waals surface area contributed by atoms with Crippen molar-refractivity contribution in [2.24, 2.45) is 0 Å². The summed E-state index contributed by atoms with van der Waals surface area (Å²) in [5.41, 5.74) is -0.540. The number of ether oxygens (including phenoxy) is 1. The number of hydrogen-bond donors (Lipinski definition) is 2. The Kier molecular flexibility index (Phi) is 4.76. The molecule has 0 bridgehead atoms. The molecule has 1 saturated heterocycles. The summed E-state index contributed by atoms with van der Waals surface area (Å²) in [6, 6.07) is -0.161. The SMILES string of the molecule is CC(C)(C)OC(=O)NC1CCCN([SH](=O)=O)C1. The van der Waals surface area contributed by atoms with E-state index in [1.807, 2.05) is 0 Å². The fourth-order valence-electron chi connectivity index (χ4n) is 1.70. The highest BCUT2D eigenvalue weighted by atomic mass is 32.2. The van der Waals surface area contributed by atoms with Gasteiger partial charge in [0.1, 0.15) is 5.60 Å². The average molecular weight is 264 g/mol. The minimum absolute atomic E-state index is 0.161. The molecule has 1 heterocycles. The molecule has 0 spiro atoms. The van der Waals surface area contributed by atoms with E-state index >= 15 is 0 Å². The largest absolute Gasteiger partial charge is 0.444 e. The summed E-state index contributed by atoms with van der Waals surface area (Å²) in [5, 5.41) is 2.69. The number of carbonyl (C=O) groups excluding carboxylic acids is 1. The minimum atomic E-state index is -2.56. The molecular weight excluding hydrogens is 244 g/mol. The van der Waals surface area contributed by atoms with Crippen molar-refractivity contribution in [3.8, 4) is 0 Å². The molecule has 1 unspecified atom stereocenters. The van der Waals surface area contributed by atoms with E-state index in [1.165, 1.54) is 4.31 Å². The van der Waals surface area contributed by atoms with Gasteiger partial charge in [-0.15, -0.1) is 0 Å². The van der Waals surface area contributed by atoms with Gasteiger partial charge in [-0.1, -0.05) is 0 Å². The molecule has 1 fully saturated rings. The van der Waals surface area contributed by atoms with Crippen molar-refractivity contribution in [1.82, 2.24) is 9.62 Å². The van der Waals surface area contributed by atoms with Crippen molar-refractivity contribution in [3.05, 3.63) is 0 Å². The Morgan fingerprint density at radius 1 is 1.41 bits per heavy atom. The van der Waals surface area contributed by atoms with E-state index in [0.717, 1.165) is 12.8 Å². The van der Waals surface area contributed by atoms with Crippen LogP contribution in [0.5, 0.6) is 0 Å². The first-order valence-corrected chi connectivity index (χ1v) is 6.80. The van der Waals surface area contributed by atoms with Crippen LogP contribution in [0.3, 0.4) is 0 Å². The summed E-state index contributed by atoms with van der Waals surface area (Å²) in [7, 11) is -2.56. The molecule has 0 saturated carbocycles. The maximum Gasteiger partial charge on any atom is 0.407 e. The van der Waals surface area contributed by atoms with Gasteiger partial charge in [0.15, 0.2) is 0 Å². The first kappa shape index (κ1) is 14.2. The number of carbonyl (C=O) groups is 1. The molecule has 0 aromatic rings. The minimum Gasteiger partial charge on any atom is -0.444 e. The first-order chi connectivity index (χ1) is 7.78. The van der Waals surface area contributed by atoms with Gasteiger partial charge in [0.25, 0.3) is 0 Å². The number of thiol groups is 1. The summed E-state index contributed by atoms with van der Waals surface area (Å²) < 4.78 is 28.1. The predicted molar refractivity (Wildman–Crippen MR) is 64.3 cm³/mol. The number of nitrogens with zero attached hydrogens (tertiary/aromatic N) is 1. The van der Waals surface area contributed by atoms with E-state index in [9.17, 15) is 13.2 Å². The number of amides is 1. The molecule has 1 aliphatic heterocycles. The molecule has 6 nitrogen and oxygen atoms in total. The van der Waals surface area contributed by atoms with Crippen molar-refractivity contribution in [1.29, 1.82) is 0 Å². The molecule has 0 radical (unpaired) electrons. The Labute approximate surface area is 103 Å². The topological polar surface area (TPSA) is 75.7 Å². The number of nitrogens with one attached hydrogen (secondary N) is 1. The van der Waals surface area contributed by atoms with Crippen LogP contribution in [-0.2, 0) is 15.6 Å². The van der Waals surface area contributed by atoms with Gasteiger partial charge < -0.3 is 10.1 Å². The number of hydrogen-bond acceptors (Lipinski definition) is 4. The van der Waals surface area contributed by atoms with E-state index < -0.39 is 22.6 Å². The Morgan fingerprint density at radius 3 is 2.59 bits per heavy atom. The Morgan fingerprint density at radius 2 is 2.06 bits per heavy atom. The molecule has 0 aliphatic carbocycles. The lowest BCUT2D eigenvalue weighted by atomic mass is 10.1. The second kappa shape index (κ2) is 5.68. The van der Waals surface area contributed by atoms with Gasteiger partial charge in [-0.2, -0.15) is 0 Å². The van der Waals surface area contributed by atoms with E-state index in [4.69, 9.17) is 4.74 Å². The second-order valence-corrected chi connectivity index (χ2v) is 6.18. The molecule has 1 aliphatic rings. The van der Waals surface area contributed by atoms with Crippen LogP contribution in [-0.4, -0.2) is 43.5 Å². The van der Waals surface area contributed by atoms with Gasteiger partial charge in [0, 0.05) is 19.1 Å². The van der Waals surface area contributed by atoms with Gasteiger partial charge in [0.05, 0.1) is 0 Å².